The first-order chi connectivity index (χ1) is 11.9. The summed E-state index contributed by atoms with van der Waals surface area (Å²) < 4.78 is 16.6. The highest BCUT2D eigenvalue weighted by atomic mass is 16.5. The predicted octanol–water partition coefficient (Wildman–Crippen LogP) is 2.46. The van der Waals surface area contributed by atoms with Gasteiger partial charge in [-0.05, 0) is 18.9 Å². The van der Waals surface area contributed by atoms with Crippen LogP contribution in [-0.4, -0.2) is 52.9 Å². The Morgan fingerprint density at radius 2 is 2.17 bits per heavy atom. The fourth-order valence-electron chi connectivity index (χ4n) is 3.71. The van der Waals surface area contributed by atoms with Gasteiger partial charge < -0.3 is 14.0 Å². The summed E-state index contributed by atoms with van der Waals surface area (Å²) in [5, 5.41) is 4.16. The molecule has 1 aliphatic heterocycles. The second-order valence-electron chi connectivity index (χ2n) is 6.30. The fourth-order valence-corrected chi connectivity index (χ4v) is 3.71. The van der Waals surface area contributed by atoms with Crippen LogP contribution < -0.4 is 4.74 Å². The second-order valence-corrected chi connectivity index (χ2v) is 6.30. The largest absolute Gasteiger partial charge is 0.494 e. The van der Waals surface area contributed by atoms with Gasteiger partial charge in [-0.15, -0.1) is 0 Å². The molecule has 2 aromatic heterocycles. The van der Waals surface area contributed by atoms with Gasteiger partial charge in [0.1, 0.15) is 11.8 Å². The van der Waals surface area contributed by atoms with Gasteiger partial charge >= 0.3 is 0 Å². The van der Waals surface area contributed by atoms with Crippen molar-refractivity contribution in [1.82, 2.24) is 20.0 Å². The van der Waals surface area contributed by atoms with Crippen molar-refractivity contribution in [2.45, 2.75) is 37.8 Å². The topological polar surface area (TPSA) is 73.5 Å². The molecule has 1 unspecified atom stereocenters. The summed E-state index contributed by atoms with van der Waals surface area (Å²) in [7, 11) is 1.61. The van der Waals surface area contributed by atoms with E-state index in [2.05, 4.69) is 20.0 Å². The summed E-state index contributed by atoms with van der Waals surface area (Å²) in [6, 6.07) is 2.47. The molecule has 1 saturated heterocycles. The number of methoxy groups -OCH3 is 1. The van der Waals surface area contributed by atoms with Gasteiger partial charge in [0.05, 0.1) is 32.1 Å². The molecule has 1 atom stereocenters. The Balaban J connectivity index is 1.61. The maximum Gasteiger partial charge on any atom is 0.246 e. The quantitative estimate of drug-likeness (QED) is 0.852. The van der Waals surface area contributed by atoms with E-state index in [1.165, 1.54) is 25.7 Å². The molecule has 0 amide bonds. The van der Waals surface area contributed by atoms with Gasteiger partial charge in [0.25, 0.3) is 0 Å². The van der Waals surface area contributed by atoms with Crippen LogP contribution in [0.3, 0.4) is 0 Å². The molecular weight excluding hydrogens is 308 g/mol. The summed E-state index contributed by atoms with van der Waals surface area (Å²) in [5.74, 6) is 1.79. The fraction of sp³-hybridized carbons (Fsp3) is 0.588. The summed E-state index contributed by atoms with van der Waals surface area (Å²) in [5.41, 5.74) is 0.784. The van der Waals surface area contributed by atoms with Gasteiger partial charge in [0, 0.05) is 18.8 Å². The van der Waals surface area contributed by atoms with E-state index in [4.69, 9.17) is 14.0 Å². The summed E-state index contributed by atoms with van der Waals surface area (Å²) in [6.45, 7) is 2.30. The lowest BCUT2D eigenvalue weighted by molar-refractivity contribution is -0.0397. The molecule has 1 aliphatic carbocycles. The van der Waals surface area contributed by atoms with Gasteiger partial charge in [-0.25, -0.2) is 0 Å². The highest BCUT2D eigenvalue weighted by Gasteiger charge is 2.35. The molecule has 24 heavy (non-hydrogen) atoms. The maximum absolute atomic E-state index is 5.68. The van der Waals surface area contributed by atoms with Crippen LogP contribution in [0.2, 0.25) is 0 Å². The number of ether oxygens (including phenoxy) is 2. The van der Waals surface area contributed by atoms with E-state index in [0.717, 1.165) is 18.7 Å². The summed E-state index contributed by atoms with van der Waals surface area (Å²) >= 11 is 0. The van der Waals surface area contributed by atoms with Crippen molar-refractivity contribution in [3.8, 4) is 17.1 Å². The van der Waals surface area contributed by atoms with Crippen LogP contribution in [-0.2, 0) is 4.74 Å². The summed E-state index contributed by atoms with van der Waals surface area (Å²) in [4.78, 5) is 11.2. The molecule has 1 saturated carbocycles. The Kier molecular flexibility index (Phi) is 4.44. The van der Waals surface area contributed by atoms with Gasteiger partial charge in [0.15, 0.2) is 0 Å². The zero-order valence-electron chi connectivity index (χ0n) is 13.9. The third kappa shape index (κ3) is 2.89. The molecule has 4 rings (SSSR count). The van der Waals surface area contributed by atoms with E-state index < -0.39 is 0 Å². The number of morpholine rings is 1. The molecule has 0 spiro atoms. The van der Waals surface area contributed by atoms with Crippen molar-refractivity contribution >= 4 is 0 Å². The maximum atomic E-state index is 5.68. The third-order valence-electron chi connectivity index (χ3n) is 4.94. The first kappa shape index (κ1) is 15.5. The highest BCUT2D eigenvalue weighted by molar-refractivity contribution is 5.62. The van der Waals surface area contributed by atoms with Crippen LogP contribution in [0.25, 0.3) is 11.4 Å². The van der Waals surface area contributed by atoms with E-state index in [0.29, 0.717) is 30.1 Å². The minimum absolute atomic E-state index is 0.0379. The molecule has 2 fully saturated rings. The van der Waals surface area contributed by atoms with Crippen LogP contribution in [0.1, 0.15) is 37.6 Å². The standard InChI is InChI=1S/C17H22N4O3/c1-22-15-10-18-7-6-13(15)16-19-17(24-20-16)14-11-23-9-8-21(14)12-4-2-3-5-12/h6-7,10,12,14H,2-5,8-9,11H2,1H3. The van der Waals surface area contributed by atoms with Crippen molar-refractivity contribution in [3.05, 3.63) is 24.4 Å². The van der Waals surface area contributed by atoms with E-state index in [-0.39, 0.29) is 6.04 Å². The molecule has 2 aromatic rings. The van der Waals surface area contributed by atoms with Gasteiger partial charge in [-0.2, -0.15) is 4.98 Å². The van der Waals surface area contributed by atoms with Crippen molar-refractivity contribution in [1.29, 1.82) is 0 Å². The molecular formula is C17H22N4O3. The minimum Gasteiger partial charge on any atom is -0.494 e. The first-order valence-corrected chi connectivity index (χ1v) is 8.52. The van der Waals surface area contributed by atoms with E-state index in [1.54, 1.807) is 19.5 Å². The van der Waals surface area contributed by atoms with Crippen molar-refractivity contribution in [2.24, 2.45) is 0 Å². The molecule has 128 valence electrons. The van der Waals surface area contributed by atoms with Crippen LogP contribution in [0.4, 0.5) is 0 Å². The molecule has 2 aliphatic rings. The number of rotatable bonds is 4. The van der Waals surface area contributed by atoms with Crippen LogP contribution in [0.5, 0.6) is 5.75 Å². The molecule has 0 bridgehead atoms. The van der Waals surface area contributed by atoms with Crippen molar-refractivity contribution in [2.75, 3.05) is 26.9 Å². The smallest absolute Gasteiger partial charge is 0.246 e. The SMILES string of the molecule is COc1cnccc1-c1noc(C2COCCN2C2CCCC2)n1. The lowest BCUT2D eigenvalue weighted by Gasteiger charge is -2.37. The molecule has 0 radical (unpaired) electrons. The average molecular weight is 330 g/mol. The van der Waals surface area contributed by atoms with Crippen LogP contribution in [0.15, 0.2) is 23.0 Å². The number of pyridine rings is 1. The zero-order chi connectivity index (χ0) is 16.4. The average Bonchev–Trinajstić information content (AvgIpc) is 3.33. The summed E-state index contributed by atoms with van der Waals surface area (Å²) in [6.07, 6.45) is 8.45. The first-order valence-electron chi connectivity index (χ1n) is 8.52. The van der Waals surface area contributed by atoms with Crippen LogP contribution >= 0.6 is 0 Å². The Labute approximate surface area is 141 Å². The van der Waals surface area contributed by atoms with Crippen molar-refractivity contribution < 1.29 is 14.0 Å². The Morgan fingerprint density at radius 1 is 1.29 bits per heavy atom. The van der Waals surface area contributed by atoms with Gasteiger partial charge in [0.2, 0.25) is 11.7 Å². The Morgan fingerprint density at radius 3 is 3.00 bits per heavy atom. The molecule has 3 heterocycles. The Hall–Kier alpha value is -1.99. The van der Waals surface area contributed by atoms with Gasteiger partial charge in [-0.3, -0.25) is 9.88 Å². The number of hydrogen-bond acceptors (Lipinski definition) is 7. The lowest BCUT2D eigenvalue weighted by Crippen LogP contribution is -2.44. The van der Waals surface area contributed by atoms with Crippen molar-refractivity contribution in [3.63, 3.8) is 0 Å². The number of nitrogens with zero attached hydrogens (tertiary/aromatic N) is 4. The van der Waals surface area contributed by atoms with Crippen LogP contribution in [0, 0.1) is 0 Å². The zero-order valence-corrected chi connectivity index (χ0v) is 13.9. The van der Waals surface area contributed by atoms with Gasteiger partial charge in [-0.1, -0.05) is 18.0 Å². The Bertz CT molecular complexity index is 684. The normalized spacial score (nSPS) is 22.8. The number of hydrogen-bond donors (Lipinski definition) is 0. The minimum atomic E-state index is 0.0379. The molecule has 0 N–H and O–H groups in total. The second kappa shape index (κ2) is 6.86. The van der Waals surface area contributed by atoms with E-state index >= 15 is 0 Å². The number of aromatic nitrogens is 3. The highest BCUT2D eigenvalue weighted by Crippen LogP contribution is 2.34. The molecule has 7 heteroatoms. The monoisotopic (exact) mass is 330 g/mol. The van der Waals surface area contributed by atoms with E-state index in [9.17, 15) is 0 Å². The predicted molar refractivity (Wildman–Crippen MR) is 86.6 cm³/mol. The lowest BCUT2D eigenvalue weighted by atomic mass is 10.1. The molecule has 7 nitrogen and oxygen atoms in total. The van der Waals surface area contributed by atoms with E-state index in [1.807, 2.05) is 6.07 Å². The molecule has 0 aromatic carbocycles. The third-order valence-corrected chi connectivity index (χ3v) is 4.94.